The van der Waals surface area contributed by atoms with Gasteiger partial charge in [-0.15, -0.1) is 11.3 Å². The van der Waals surface area contributed by atoms with E-state index in [1.54, 1.807) is 0 Å². The van der Waals surface area contributed by atoms with Crippen LogP contribution in [0, 0.1) is 0 Å². The van der Waals surface area contributed by atoms with Crippen molar-refractivity contribution in [1.82, 2.24) is 0 Å². The Hall–Kier alpha value is -5.44. The minimum Gasteiger partial charge on any atom is -0.310 e. The smallest absolute Gasteiger partial charge is 0.0645 e. The van der Waals surface area contributed by atoms with Crippen molar-refractivity contribution in [3.63, 3.8) is 0 Å². The van der Waals surface area contributed by atoms with E-state index in [-0.39, 0.29) is 47.1 Å². The molecule has 0 N–H and O–H groups in total. The molecule has 2 aliphatic carbocycles. The summed E-state index contributed by atoms with van der Waals surface area (Å²) < 4.78 is 57.0. The number of rotatable bonds is 4. The van der Waals surface area contributed by atoms with Gasteiger partial charge in [-0.3, -0.25) is 0 Å². The summed E-state index contributed by atoms with van der Waals surface area (Å²) in [4.78, 5) is 2.05. The van der Waals surface area contributed by atoms with Crippen molar-refractivity contribution in [2.45, 2.75) is 38.5 Å². The first kappa shape index (κ1) is 23.8. The van der Waals surface area contributed by atoms with E-state index in [0.29, 0.717) is 37.0 Å². The SMILES string of the molecule is [2H]c1c(-c2ccccc2)c([2H])c2c(sc3c([2H])c([2H])c([2H])c(N(c4ccc5c(c4)C(C)(C)c4ccccc4-5)c4ccc5c(c4)C(C)(C)c4ccccc4-5)c32)c1[2H]. The van der Waals surface area contributed by atoms with E-state index >= 15 is 0 Å². The van der Waals surface area contributed by atoms with E-state index < -0.39 is 0 Å². The summed E-state index contributed by atoms with van der Waals surface area (Å²) in [6.07, 6.45) is 0. The van der Waals surface area contributed by atoms with Crippen molar-refractivity contribution in [2.24, 2.45) is 0 Å². The van der Waals surface area contributed by atoms with Crippen LogP contribution < -0.4 is 4.90 Å². The van der Waals surface area contributed by atoms with Crippen LogP contribution in [0.3, 0.4) is 0 Å². The van der Waals surface area contributed by atoms with Crippen LogP contribution in [-0.4, -0.2) is 0 Å². The molecule has 0 saturated heterocycles. The van der Waals surface area contributed by atoms with Crippen LogP contribution in [0.5, 0.6) is 0 Å². The Labute approximate surface area is 306 Å². The molecule has 0 saturated carbocycles. The van der Waals surface area contributed by atoms with Gasteiger partial charge in [0.05, 0.1) is 13.9 Å². The van der Waals surface area contributed by atoms with E-state index in [2.05, 4.69) is 113 Å². The fourth-order valence-electron chi connectivity index (χ4n) is 8.42. The molecule has 1 heterocycles. The molecule has 8 aromatic rings. The van der Waals surface area contributed by atoms with Gasteiger partial charge in [0.15, 0.2) is 0 Å². The van der Waals surface area contributed by atoms with E-state index in [4.69, 9.17) is 1.37 Å². The van der Waals surface area contributed by atoms with E-state index in [1.807, 2.05) is 35.2 Å². The van der Waals surface area contributed by atoms with Gasteiger partial charge in [0.25, 0.3) is 0 Å². The lowest BCUT2D eigenvalue weighted by Gasteiger charge is -2.30. The monoisotopic (exact) mass is 665 g/mol. The second-order valence-electron chi connectivity index (χ2n) is 14.5. The van der Waals surface area contributed by atoms with Gasteiger partial charge in [-0.1, -0.05) is 131 Å². The molecule has 1 nitrogen and oxygen atoms in total. The highest BCUT2D eigenvalue weighted by Gasteiger charge is 2.38. The lowest BCUT2D eigenvalue weighted by molar-refractivity contribution is 0.660. The Balaban J connectivity index is 1.33. The van der Waals surface area contributed by atoms with Gasteiger partial charge in [0, 0.05) is 42.4 Å². The van der Waals surface area contributed by atoms with Gasteiger partial charge in [-0.2, -0.15) is 0 Å². The third-order valence-corrected chi connectivity index (χ3v) is 12.0. The van der Waals surface area contributed by atoms with E-state index in [0.717, 1.165) is 33.6 Å². The van der Waals surface area contributed by atoms with Crippen molar-refractivity contribution >= 4 is 48.6 Å². The Morgan fingerprint density at radius 3 is 1.70 bits per heavy atom. The zero-order valence-electron chi connectivity index (χ0n) is 34.3. The van der Waals surface area contributed by atoms with Crippen molar-refractivity contribution in [2.75, 3.05) is 4.90 Å². The van der Waals surface area contributed by atoms with Crippen LogP contribution in [0.25, 0.3) is 53.6 Å². The molecule has 1 aromatic heterocycles. The number of thiophene rings is 1. The summed E-state index contributed by atoms with van der Waals surface area (Å²) in [6, 6.07) is 38.7. The largest absolute Gasteiger partial charge is 0.310 e. The van der Waals surface area contributed by atoms with E-state index in [1.165, 1.54) is 33.6 Å². The van der Waals surface area contributed by atoms with Gasteiger partial charge in [0.2, 0.25) is 0 Å². The topological polar surface area (TPSA) is 3.24 Å². The molecule has 50 heavy (non-hydrogen) atoms. The first-order chi connectivity index (χ1) is 26.8. The predicted octanol–water partition coefficient (Wildman–Crippen LogP) is 13.8. The van der Waals surface area contributed by atoms with Crippen LogP contribution in [0.1, 0.15) is 58.2 Å². The average Bonchev–Trinajstić information content (AvgIpc) is 3.79. The maximum Gasteiger partial charge on any atom is 0.0645 e. The minimum atomic E-state index is -0.307. The van der Waals surface area contributed by atoms with Crippen molar-refractivity contribution < 1.29 is 8.22 Å². The number of anilines is 3. The average molecular weight is 666 g/mol. The molecule has 0 unspecified atom stereocenters. The molecule has 0 spiro atoms. The molecule has 7 aromatic carbocycles. The Kier molecular flexibility index (Phi) is 5.02. The number of hydrogen-bond acceptors (Lipinski definition) is 2. The maximum absolute atomic E-state index is 9.73. The van der Waals surface area contributed by atoms with Gasteiger partial charge in [-0.05, 0) is 104 Å². The number of benzene rings is 7. The molecule has 0 bridgehead atoms. The van der Waals surface area contributed by atoms with Gasteiger partial charge in [-0.25, -0.2) is 0 Å². The van der Waals surface area contributed by atoms with Crippen LogP contribution in [0.15, 0.2) is 152 Å². The second-order valence-corrected chi connectivity index (χ2v) is 15.5. The fourth-order valence-corrected chi connectivity index (χ4v) is 9.39. The van der Waals surface area contributed by atoms with Crippen molar-refractivity contribution in [1.29, 1.82) is 0 Å². The highest BCUT2D eigenvalue weighted by Crippen LogP contribution is 2.54. The molecule has 0 radical (unpaired) electrons. The summed E-state index contributed by atoms with van der Waals surface area (Å²) in [5, 5.41) is 0.910. The van der Waals surface area contributed by atoms with Gasteiger partial charge in [0.1, 0.15) is 0 Å². The van der Waals surface area contributed by atoms with Crippen molar-refractivity contribution in [3.05, 3.63) is 174 Å². The van der Waals surface area contributed by atoms with Gasteiger partial charge >= 0.3 is 0 Å². The zero-order chi connectivity index (χ0) is 39.0. The lowest BCUT2D eigenvalue weighted by Crippen LogP contribution is -2.18. The third kappa shape index (κ3) is 4.12. The maximum atomic E-state index is 9.73. The summed E-state index contributed by atoms with van der Waals surface area (Å²) in [6.45, 7) is 8.96. The molecule has 0 atom stereocenters. The summed E-state index contributed by atoms with van der Waals surface area (Å²) >= 11 is 1.17. The summed E-state index contributed by atoms with van der Waals surface area (Å²) in [7, 11) is 0. The number of hydrogen-bond donors (Lipinski definition) is 0. The molecular formula is C48H37NS. The van der Waals surface area contributed by atoms with Crippen LogP contribution in [-0.2, 0) is 10.8 Å². The number of fused-ring (bicyclic) bond motifs is 9. The normalized spacial score (nSPS) is 16.4. The summed E-state index contributed by atoms with van der Waals surface area (Å²) in [5.41, 5.74) is 11.9. The molecule has 0 aliphatic heterocycles. The highest BCUT2D eigenvalue weighted by atomic mass is 32.1. The van der Waals surface area contributed by atoms with E-state index in [9.17, 15) is 6.85 Å². The minimum absolute atomic E-state index is 0.0277. The zero-order valence-corrected chi connectivity index (χ0v) is 29.1. The quantitative estimate of drug-likeness (QED) is 0.181. The van der Waals surface area contributed by atoms with Crippen LogP contribution >= 0.6 is 11.3 Å². The molecule has 10 rings (SSSR count). The first-order valence-electron chi connectivity index (χ1n) is 20.1. The molecule has 2 heteroatoms. The number of nitrogens with zero attached hydrogens (tertiary/aromatic N) is 1. The molecular weight excluding hydrogens is 623 g/mol. The van der Waals surface area contributed by atoms with Gasteiger partial charge < -0.3 is 4.90 Å². The molecule has 0 fully saturated rings. The highest BCUT2D eigenvalue weighted by molar-refractivity contribution is 7.26. The predicted molar refractivity (Wildman–Crippen MR) is 215 cm³/mol. The van der Waals surface area contributed by atoms with Crippen molar-refractivity contribution in [3.8, 4) is 33.4 Å². The second kappa shape index (κ2) is 10.5. The molecule has 240 valence electrons. The summed E-state index contributed by atoms with van der Waals surface area (Å²) in [5.74, 6) is 0. The fraction of sp³-hybridized carbons (Fsp3) is 0.125. The third-order valence-electron chi connectivity index (χ3n) is 11.0. The van der Waals surface area contributed by atoms with Crippen LogP contribution in [0.4, 0.5) is 17.1 Å². The Morgan fingerprint density at radius 1 is 0.520 bits per heavy atom. The van der Waals surface area contributed by atoms with Crippen LogP contribution in [0.2, 0.25) is 0 Å². The lowest BCUT2D eigenvalue weighted by atomic mass is 9.82. The molecule has 0 amide bonds. The molecule has 2 aliphatic rings. The Bertz CT molecular complexity index is 2890. The standard InChI is InChI=1S/C48H37NS/c1-47(2)39-17-10-8-15-34(39)36-24-22-32(28-41(36)47)49(33-23-25-37-35-16-9-11-18-40(35)48(3,4)42(37)29-33)43-19-12-20-45-46(43)38-27-31(21-26-44(38)50-45)30-13-6-5-7-14-30/h5-29H,1-4H3/i12D,19D,20D,21D,26D,27D. The first-order valence-corrected chi connectivity index (χ1v) is 17.9. The Morgan fingerprint density at radius 2 is 1.08 bits per heavy atom.